The third kappa shape index (κ3) is 452. The van der Waals surface area contributed by atoms with E-state index in [1.54, 1.807) is 6.92 Å². The zero-order valence-corrected chi connectivity index (χ0v) is 10.5. The summed E-state index contributed by atoms with van der Waals surface area (Å²) in [6.07, 6.45) is 6.58. The predicted octanol–water partition coefficient (Wildman–Crippen LogP) is 3.86. The molecular formula is C12H28O. The van der Waals surface area contributed by atoms with E-state index in [9.17, 15) is 0 Å². The number of aliphatic hydroxyl groups excluding tert-OH is 1. The molecule has 0 fully saturated rings. The first-order valence-corrected chi connectivity index (χ1v) is 5.24. The van der Waals surface area contributed by atoms with Crippen molar-refractivity contribution in [1.29, 1.82) is 0 Å². The average Bonchev–Trinajstić information content (AvgIpc) is 2.11. The highest BCUT2D eigenvalue weighted by Gasteiger charge is 1.75. The lowest BCUT2D eigenvalue weighted by Gasteiger charge is -1.80. The van der Waals surface area contributed by atoms with Crippen LogP contribution in [0.15, 0.2) is 0 Å². The molecule has 0 saturated heterocycles. The number of hydrogen-bond donors (Lipinski definition) is 1. The van der Waals surface area contributed by atoms with Gasteiger partial charge in [-0.25, -0.2) is 0 Å². The molecule has 0 aliphatic carbocycles. The van der Waals surface area contributed by atoms with Crippen LogP contribution in [0.4, 0.5) is 0 Å². The van der Waals surface area contributed by atoms with E-state index in [0.717, 1.165) is 0 Å². The molecule has 0 bridgehead atoms. The molecular weight excluding hydrogens is 160 g/mol. The van der Waals surface area contributed by atoms with E-state index in [-0.39, 0.29) is 0 Å². The minimum absolute atomic E-state index is 0.588. The highest BCUT2D eigenvalue weighted by atomic mass is 16.3. The van der Waals surface area contributed by atoms with Crippen molar-refractivity contribution in [2.45, 2.75) is 67.4 Å². The Hall–Kier alpha value is -0.480. The second kappa shape index (κ2) is 41.8. The topological polar surface area (TPSA) is 20.2 Å². The molecule has 0 rings (SSSR count). The SMILES string of the molecule is C#CC(C)O.CC.CCC.CCC. The second-order valence-electron chi connectivity index (χ2n) is 2.26. The minimum atomic E-state index is -0.588. The summed E-state index contributed by atoms with van der Waals surface area (Å²) in [5, 5.41) is 8.12. The molecule has 1 unspecified atom stereocenters. The van der Waals surface area contributed by atoms with Gasteiger partial charge in [-0.15, -0.1) is 6.42 Å². The van der Waals surface area contributed by atoms with E-state index < -0.39 is 6.10 Å². The predicted molar refractivity (Wildman–Crippen MR) is 63.8 cm³/mol. The molecule has 0 aromatic heterocycles. The summed E-state index contributed by atoms with van der Waals surface area (Å²) in [6.45, 7) is 14.0. The molecule has 0 aliphatic rings. The Morgan fingerprint density at radius 2 is 1.15 bits per heavy atom. The van der Waals surface area contributed by atoms with Gasteiger partial charge in [0.1, 0.15) is 6.10 Å². The zero-order chi connectivity index (χ0) is 11.7. The first-order chi connectivity index (χ1) is 6.10. The van der Waals surface area contributed by atoms with Gasteiger partial charge in [-0.2, -0.15) is 0 Å². The van der Waals surface area contributed by atoms with Gasteiger partial charge in [-0.3, -0.25) is 0 Å². The molecule has 0 aliphatic heterocycles. The lowest BCUT2D eigenvalue weighted by molar-refractivity contribution is 0.253. The van der Waals surface area contributed by atoms with Gasteiger partial charge in [0.15, 0.2) is 0 Å². The van der Waals surface area contributed by atoms with Crippen molar-refractivity contribution in [3.63, 3.8) is 0 Å². The van der Waals surface area contributed by atoms with Crippen LogP contribution in [-0.4, -0.2) is 11.2 Å². The van der Waals surface area contributed by atoms with Gasteiger partial charge in [0.25, 0.3) is 0 Å². The molecule has 0 amide bonds. The van der Waals surface area contributed by atoms with Gasteiger partial charge in [0.2, 0.25) is 0 Å². The highest BCUT2D eigenvalue weighted by molar-refractivity contribution is 4.89. The third-order valence-electron chi connectivity index (χ3n) is 0.241. The molecule has 1 N–H and O–H groups in total. The smallest absolute Gasteiger partial charge is 0.111 e. The lowest BCUT2D eigenvalue weighted by atomic mass is 10.4. The molecule has 82 valence electrons. The summed E-state index contributed by atoms with van der Waals surface area (Å²) >= 11 is 0. The molecule has 1 heteroatoms. The van der Waals surface area contributed by atoms with Gasteiger partial charge < -0.3 is 5.11 Å². The van der Waals surface area contributed by atoms with Gasteiger partial charge in [-0.05, 0) is 6.92 Å². The normalized spacial score (nSPS) is 8.23. The van der Waals surface area contributed by atoms with Crippen molar-refractivity contribution < 1.29 is 5.11 Å². The average molecular weight is 188 g/mol. The summed E-state index contributed by atoms with van der Waals surface area (Å²) < 4.78 is 0. The van der Waals surface area contributed by atoms with Crippen LogP contribution in [0.1, 0.15) is 61.3 Å². The Morgan fingerprint density at radius 3 is 1.15 bits per heavy atom. The molecule has 0 radical (unpaired) electrons. The van der Waals surface area contributed by atoms with Crippen LogP contribution >= 0.6 is 0 Å². The van der Waals surface area contributed by atoms with Gasteiger partial charge in [-0.1, -0.05) is 60.3 Å². The van der Waals surface area contributed by atoms with Crippen LogP contribution in [-0.2, 0) is 0 Å². The number of hydrogen-bond acceptors (Lipinski definition) is 1. The van der Waals surface area contributed by atoms with Crippen molar-refractivity contribution in [1.82, 2.24) is 0 Å². The maximum atomic E-state index is 8.12. The van der Waals surface area contributed by atoms with Gasteiger partial charge >= 0.3 is 0 Å². The lowest BCUT2D eigenvalue weighted by Crippen LogP contribution is -1.90. The van der Waals surface area contributed by atoms with Crippen molar-refractivity contribution in [3.05, 3.63) is 0 Å². The Morgan fingerprint density at radius 1 is 1.08 bits per heavy atom. The third-order valence-corrected chi connectivity index (χ3v) is 0.241. The van der Waals surface area contributed by atoms with Crippen LogP contribution in [0.25, 0.3) is 0 Å². The molecule has 0 spiro atoms. The maximum absolute atomic E-state index is 8.12. The van der Waals surface area contributed by atoms with E-state index >= 15 is 0 Å². The molecule has 0 heterocycles. The molecule has 0 aromatic carbocycles. The minimum Gasteiger partial charge on any atom is -0.381 e. The standard InChI is InChI=1S/C4H6O.2C3H8.C2H6/c1-3-4(2)5;2*1-3-2;1-2/h1,4-5H,2H3;2*3H2,1-2H3;1-2H3. The van der Waals surface area contributed by atoms with Crippen molar-refractivity contribution in [2.24, 2.45) is 0 Å². The number of aliphatic hydroxyl groups is 1. The fourth-order valence-corrected chi connectivity index (χ4v) is 0. The van der Waals surface area contributed by atoms with Crippen LogP contribution < -0.4 is 0 Å². The quantitative estimate of drug-likeness (QED) is 0.572. The van der Waals surface area contributed by atoms with Crippen molar-refractivity contribution in [3.8, 4) is 12.3 Å². The van der Waals surface area contributed by atoms with E-state index in [0.29, 0.717) is 0 Å². The zero-order valence-electron chi connectivity index (χ0n) is 10.5. The summed E-state index contributed by atoms with van der Waals surface area (Å²) in [7, 11) is 0. The highest BCUT2D eigenvalue weighted by Crippen LogP contribution is 1.66. The summed E-state index contributed by atoms with van der Waals surface area (Å²) in [5.74, 6) is 2.08. The fraction of sp³-hybridized carbons (Fsp3) is 0.833. The van der Waals surface area contributed by atoms with E-state index in [1.165, 1.54) is 12.8 Å². The van der Waals surface area contributed by atoms with Gasteiger partial charge in [0.05, 0.1) is 0 Å². The Kier molecular flexibility index (Phi) is 73.7. The van der Waals surface area contributed by atoms with E-state index in [1.807, 2.05) is 13.8 Å². The Bertz CT molecular complexity index is 67.7. The summed E-state index contributed by atoms with van der Waals surface area (Å²) in [6, 6.07) is 0. The van der Waals surface area contributed by atoms with Gasteiger partial charge in [0, 0.05) is 0 Å². The van der Waals surface area contributed by atoms with Crippen LogP contribution in [0.5, 0.6) is 0 Å². The fourth-order valence-electron chi connectivity index (χ4n) is 0. The molecule has 0 aromatic rings. The molecule has 1 atom stereocenters. The van der Waals surface area contributed by atoms with E-state index in [2.05, 4.69) is 40.0 Å². The molecule has 13 heavy (non-hydrogen) atoms. The molecule has 1 nitrogen and oxygen atoms in total. The Labute approximate surface area is 85.6 Å². The monoisotopic (exact) mass is 188 g/mol. The second-order valence-corrected chi connectivity index (χ2v) is 2.26. The van der Waals surface area contributed by atoms with Crippen molar-refractivity contribution >= 4 is 0 Å². The molecule has 0 saturated carbocycles. The maximum Gasteiger partial charge on any atom is 0.111 e. The summed E-state index contributed by atoms with van der Waals surface area (Å²) in [4.78, 5) is 0. The number of terminal acetylenes is 1. The first-order valence-electron chi connectivity index (χ1n) is 5.24. The van der Waals surface area contributed by atoms with Crippen molar-refractivity contribution in [2.75, 3.05) is 0 Å². The number of rotatable bonds is 0. The largest absolute Gasteiger partial charge is 0.381 e. The summed E-state index contributed by atoms with van der Waals surface area (Å²) in [5.41, 5.74) is 0. The van der Waals surface area contributed by atoms with Crippen LogP contribution in [0.2, 0.25) is 0 Å². The van der Waals surface area contributed by atoms with Crippen LogP contribution in [0.3, 0.4) is 0 Å². The van der Waals surface area contributed by atoms with Crippen LogP contribution in [0, 0.1) is 12.3 Å². The van der Waals surface area contributed by atoms with E-state index in [4.69, 9.17) is 5.11 Å². The Balaban J connectivity index is -0.0000000446. The first kappa shape index (κ1) is 22.9.